The Labute approximate surface area is 172 Å². The number of hydrogen-bond acceptors (Lipinski definition) is 8. The Balaban J connectivity index is 1.50. The fourth-order valence-electron chi connectivity index (χ4n) is 2.97. The molecular weight excluding hydrogens is 416 g/mol. The van der Waals surface area contributed by atoms with Crippen molar-refractivity contribution >= 4 is 27.8 Å². The zero-order chi connectivity index (χ0) is 21.9. The van der Waals surface area contributed by atoms with E-state index in [4.69, 9.17) is 9.63 Å². The largest absolute Gasteiger partial charge is 0.481 e. The second-order valence-electron chi connectivity index (χ2n) is 6.71. The lowest BCUT2D eigenvalue weighted by atomic mass is 10.2. The molecule has 0 fully saturated rings. The second-order valence-corrected chi connectivity index (χ2v) is 8.54. The first-order valence-corrected chi connectivity index (χ1v) is 10.6. The first-order chi connectivity index (χ1) is 14.2. The van der Waals surface area contributed by atoms with Gasteiger partial charge in [0.15, 0.2) is 5.82 Å². The van der Waals surface area contributed by atoms with Crippen molar-refractivity contribution in [2.75, 3.05) is 6.54 Å². The molecule has 0 unspecified atom stereocenters. The molecule has 0 aliphatic carbocycles. The van der Waals surface area contributed by atoms with Crippen molar-refractivity contribution in [3.05, 3.63) is 41.5 Å². The van der Waals surface area contributed by atoms with Gasteiger partial charge in [0.1, 0.15) is 4.90 Å². The summed E-state index contributed by atoms with van der Waals surface area (Å²) in [5.41, 5.74) is 0.131. The van der Waals surface area contributed by atoms with Crippen LogP contribution in [0.1, 0.15) is 54.3 Å². The number of fused-ring (bicyclic) bond motifs is 1. The van der Waals surface area contributed by atoms with Crippen LogP contribution in [0.4, 0.5) is 0 Å². The minimum absolute atomic E-state index is 0.0102. The van der Waals surface area contributed by atoms with Gasteiger partial charge in [-0.15, -0.1) is 0 Å². The fourth-order valence-corrected chi connectivity index (χ4v) is 4.58. The SMILES string of the molecule is C[C@H](NC(=O)CCCN1C(=O)c2ccccc2S1(=O)=O)c1noc(CCC(=O)O)n1. The number of sulfonamides is 1. The van der Waals surface area contributed by atoms with Crippen molar-refractivity contribution in [3.8, 4) is 0 Å². The molecule has 1 aliphatic heterocycles. The number of hydrogen-bond donors (Lipinski definition) is 2. The Bertz CT molecular complexity index is 1080. The highest BCUT2D eigenvalue weighted by atomic mass is 32.2. The number of rotatable bonds is 9. The molecule has 11 nitrogen and oxygen atoms in total. The molecule has 0 radical (unpaired) electrons. The number of nitrogens with zero attached hydrogens (tertiary/aromatic N) is 3. The van der Waals surface area contributed by atoms with Gasteiger partial charge >= 0.3 is 5.97 Å². The number of benzene rings is 1. The molecular formula is C18H20N4O7S. The summed E-state index contributed by atoms with van der Waals surface area (Å²) in [6.07, 6.45) is 0.0748. The summed E-state index contributed by atoms with van der Waals surface area (Å²) in [5.74, 6) is -1.60. The third kappa shape index (κ3) is 4.48. The van der Waals surface area contributed by atoms with Gasteiger partial charge < -0.3 is 14.9 Å². The van der Waals surface area contributed by atoms with E-state index in [1.807, 2.05) is 0 Å². The van der Waals surface area contributed by atoms with Crippen molar-refractivity contribution in [3.63, 3.8) is 0 Å². The molecule has 30 heavy (non-hydrogen) atoms. The summed E-state index contributed by atoms with van der Waals surface area (Å²) < 4.78 is 30.7. The number of aromatic nitrogens is 2. The minimum Gasteiger partial charge on any atom is -0.481 e. The fraction of sp³-hybridized carbons (Fsp3) is 0.389. The summed E-state index contributed by atoms with van der Waals surface area (Å²) in [6, 6.07) is 5.40. The van der Waals surface area contributed by atoms with Gasteiger partial charge in [-0.2, -0.15) is 4.98 Å². The van der Waals surface area contributed by atoms with Crippen LogP contribution in [0.2, 0.25) is 0 Å². The smallest absolute Gasteiger partial charge is 0.303 e. The standard InChI is InChI=1S/C18H20N4O7S/c1-11(17-20-15(29-21-17)8-9-16(24)25)19-14(23)7-4-10-22-18(26)12-5-2-3-6-13(12)30(22,27)28/h2-3,5-6,11H,4,7-10H2,1H3,(H,19,23)(H,24,25)/t11-/m0/s1. The highest BCUT2D eigenvalue weighted by Gasteiger charge is 2.40. The predicted octanol–water partition coefficient (Wildman–Crippen LogP) is 0.889. The zero-order valence-corrected chi connectivity index (χ0v) is 16.9. The van der Waals surface area contributed by atoms with E-state index in [1.54, 1.807) is 19.1 Å². The van der Waals surface area contributed by atoms with Gasteiger partial charge in [0, 0.05) is 19.4 Å². The molecule has 0 spiro atoms. The summed E-state index contributed by atoms with van der Waals surface area (Å²) in [7, 11) is -3.89. The predicted molar refractivity (Wildman–Crippen MR) is 101 cm³/mol. The van der Waals surface area contributed by atoms with Gasteiger partial charge in [0.2, 0.25) is 11.8 Å². The minimum atomic E-state index is -3.89. The van der Waals surface area contributed by atoms with E-state index in [-0.39, 0.29) is 60.3 Å². The van der Waals surface area contributed by atoms with Crippen LogP contribution in [0.15, 0.2) is 33.7 Å². The van der Waals surface area contributed by atoms with E-state index >= 15 is 0 Å². The molecule has 160 valence electrons. The number of carbonyl (C=O) groups excluding carboxylic acids is 2. The van der Waals surface area contributed by atoms with Crippen molar-refractivity contribution in [1.29, 1.82) is 0 Å². The maximum Gasteiger partial charge on any atom is 0.303 e. The van der Waals surface area contributed by atoms with Crippen molar-refractivity contribution in [2.45, 2.75) is 43.5 Å². The number of aliphatic carboxylic acids is 1. The molecule has 3 rings (SSSR count). The Morgan fingerprint density at radius 1 is 1.27 bits per heavy atom. The van der Waals surface area contributed by atoms with Crippen molar-refractivity contribution in [1.82, 2.24) is 19.8 Å². The molecule has 2 aromatic rings. The van der Waals surface area contributed by atoms with Crippen molar-refractivity contribution < 1.29 is 32.4 Å². The molecule has 1 atom stereocenters. The van der Waals surface area contributed by atoms with Gasteiger partial charge in [0.05, 0.1) is 18.0 Å². The Morgan fingerprint density at radius 2 is 2.00 bits per heavy atom. The Hall–Kier alpha value is -3.28. The van der Waals surface area contributed by atoms with Gasteiger partial charge in [-0.25, -0.2) is 12.7 Å². The molecule has 1 aromatic heterocycles. The van der Waals surface area contributed by atoms with Crippen LogP contribution in [-0.4, -0.2) is 52.3 Å². The van der Waals surface area contributed by atoms with E-state index < -0.39 is 27.9 Å². The number of nitrogens with one attached hydrogen (secondary N) is 1. The van der Waals surface area contributed by atoms with E-state index in [0.29, 0.717) is 0 Å². The van der Waals surface area contributed by atoms with Crippen LogP contribution in [-0.2, 0) is 26.0 Å². The average Bonchev–Trinajstić information content (AvgIpc) is 3.24. The maximum absolute atomic E-state index is 12.5. The van der Waals surface area contributed by atoms with E-state index in [9.17, 15) is 22.8 Å². The number of aryl methyl sites for hydroxylation is 1. The zero-order valence-electron chi connectivity index (χ0n) is 16.1. The molecule has 0 saturated heterocycles. The Morgan fingerprint density at radius 3 is 2.70 bits per heavy atom. The van der Waals surface area contributed by atoms with Crippen molar-refractivity contribution in [2.24, 2.45) is 0 Å². The number of carboxylic acids is 1. The van der Waals surface area contributed by atoms with Crippen LogP contribution in [0.25, 0.3) is 0 Å². The van der Waals surface area contributed by atoms with Gasteiger partial charge in [-0.05, 0) is 25.5 Å². The number of amides is 2. The van der Waals surface area contributed by atoms with Gasteiger partial charge in [-0.3, -0.25) is 14.4 Å². The molecule has 12 heteroatoms. The molecule has 2 amide bonds. The molecule has 1 aromatic carbocycles. The third-order valence-corrected chi connectivity index (χ3v) is 6.32. The summed E-state index contributed by atoms with van der Waals surface area (Å²) in [6.45, 7) is 1.52. The second kappa shape index (κ2) is 8.61. The number of carboxylic acid groups (broad SMARTS) is 1. The maximum atomic E-state index is 12.5. The molecule has 0 saturated carbocycles. The first-order valence-electron chi connectivity index (χ1n) is 9.20. The van der Waals surface area contributed by atoms with E-state index in [0.717, 1.165) is 4.31 Å². The summed E-state index contributed by atoms with van der Waals surface area (Å²) in [5, 5.41) is 15.0. The number of carbonyl (C=O) groups is 3. The van der Waals surface area contributed by atoms with Crippen LogP contribution in [0, 0.1) is 0 Å². The van der Waals surface area contributed by atoms with Crippen LogP contribution in [0.3, 0.4) is 0 Å². The normalized spacial score (nSPS) is 15.6. The van der Waals surface area contributed by atoms with Gasteiger partial charge in [0.25, 0.3) is 15.9 Å². The molecule has 2 heterocycles. The topological polar surface area (TPSA) is 160 Å². The quantitative estimate of drug-likeness (QED) is 0.582. The lowest BCUT2D eigenvalue weighted by molar-refractivity contribution is -0.137. The van der Waals surface area contributed by atoms with E-state index in [1.165, 1.54) is 12.1 Å². The lowest BCUT2D eigenvalue weighted by Gasteiger charge is -2.15. The highest BCUT2D eigenvalue weighted by Crippen LogP contribution is 2.30. The van der Waals surface area contributed by atoms with Crippen LogP contribution in [0.5, 0.6) is 0 Å². The molecule has 0 bridgehead atoms. The summed E-state index contributed by atoms with van der Waals surface area (Å²) in [4.78, 5) is 39.1. The van der Waals surface area contributed by atoms with Crippen LogP contribution >= 0.6 is 0 Å². The first kappa shape index (κ1) is 21.4. The van der Waals surface area contributed by atoms with Crippen LogP contribution < -0.4 is 5.32 Å². The van der Waals surface area contributed by atoms with Gasteiger partial charge in [-0.1, -0.05) is 17.3 Å². The average molecular weight is 436 g/mol. The molecule has 1 aliphatic rings. The third-order valence-electron chi connectivity index (χ3n) is 4.48. The monoisotopic (exact) mass is 436 g/mol. The summed E-state index contributed by atoms with van der Waals surface area (Å²) >= 11 is 0. The Kier molecular flexibility index (Phi) is 6.15. The lowest BCUT2D eigenvalue weighted by Crippen LogP contribution is -2.32. The van der Waals surface area contributed by atoms with E-state index in [2.05, 4.69) is 15.5 Å². The molecule has 2 N–H and O–H groups in total. The highest BCUT2D eigenvalue weighted by molar-refractivity contribution is 7.90.